The van der Waals surface area contributed by atoms with E-state index in [4.69, 9.17) is 0 Å². The molecule has 0 saturated heterocycles. The molecule has 1 aliphatic rings. The van der Waals surface area contributed by atoms with E-state index in [0.29, 0.717) is 5.92 Å². The largest absolute Gasteiger partial charge is 0.370 e. The Bertz CT molecular complexity index is 362. The van der Waals surface area contributed by atoms with E-state index < -0.39 is 0 Å². The molecule has 3 nitrogen and oxygen atoms in total. The maximum Gasteiger partial charge on any atom is 0.129 e. The Morgan fingerprint density at radius 2 is 2.18 bits per heavy atom. The van der Waals surface area contributed by atoms with Gasteiger partial charge in [0.15, 0.2) is 0 Å². The lowest BCUT2D eigenvalue weighted by Crippen LogP contribution is -2.17. The number of nitrogens with one attached hydrogen (secondary N) is 1. The number of hydrogen-bond donors (Lipinski definition) is 1. The van der Waals surface area contributed by atoms with Crippen LogP contribution in [0.3, 0.4) is 0 Å². The van der Waals surface area contributed by atoms with E-state index in [-0.39, 0.29) is 0 Å². The van der Waals surface area contributed by atoms with Gasteiger partial charge in [0.1, 0.15) is 12.1 Å². The molecule has 0 radical (unpaired) electrons. The predicted octanol–water partition coefficient (Wildman–Crippen LogP) is 3.45. The lowest BCUT2D eigenvalue weighted by atomic mass is 9.98. The van der Waals surface area contributed by atoms with Crippen molar-refractivity contribution >= 4 is 5.82 Å². The first-order chi connectivity index (χ1) is 8.16. The van der Waals surface area contributed by atoms with Crippen LogP contribution >= 0.6 is 0 Å². The molecule has 0 bridgehead atoms. The molecule has 0 aromatic carbocycles. The van der Waals surface area contributed by atoms with Gasteiger partial charge in [-0.05, 0) is 24.2 Å². The summed E-state index contributed by atoms with van der Waals surface area (Å²) < 4.78 is 0. The van der Waals surface area contributed by atoms with Gasteiger partial charge in [0.05, 0.1) is 0 Å². The van der Waals surface area contributed by atoms with Crippen LogP contribution in [-0.4, -0.2) is 16.5 Å². The Hall–Kier alpha value is -1.12. The minimum atomic E-state index is 0.462. The van der Waals surface area contributed by atoms with Crippen molar-refractivity contribution in [2.75, 3.05) is 11.9 Å². The third kappa shape index (κ3) is 3.18. The number of hydrogen-bond acceptors (Lipinski definition) is 3. The molecule has 17 heavy (non-hydrogen) atoms. The van der Waals surface area contributed by atoms with Gasteiger partial charge in [-0.3, -0.25) is 0 Å². The van der Waals surface area contributed by atoms with Gasteiger partial charge in [0, 0.05) is 18.3 Å². The van der Waals surface area contributed by atoms with Crippen molar-refractivity contribution in [3.63, 3.8) is 0 Å². The normalized spacial score (nSPS) is 24.2. The van der Waals surface area contributed by atoms with Gasteiger partial charge in [-0.25, -0.2) is 9.97 Å². The smallest absolute Gasteiger partial charge is 0.129 e. The zero-order valence-corrected chi connectivity index (χ0v) is 11.1. The van der Waals surface area contributed by atoms with Crippen LogP contribution in [0.25, 0.3) is 0 Å². The highest BCUT2D eigenvalue weighted by Gasteiger charge is 2.22. The van der Waals surface area contributed by atoms with E-state index in [1.165, 1.54) is 19.3 Å². The molecule has 1 heterocycles. The molecule has 2 atom stereocenters. The molecular formula is C14H23N3. The van der Waals surface area contributed by atoms with Crippen LogP contribution in [0.4, 0.5) is 5.82 Å². The van der Waals surface area contributed by atoms with Crippen LogP contribution in [0.15, 0.2) is 12.4 Å². The second kappa shape index (κ2) is 5.48. The maximum atomic E-state index is 4.29. The molecule has 0 amide bonds. The molecule has 3 heteroatoms. The van der Waals surface area contributed by atoms with Crippen LogP contribution < -0.4 is 5.32 Å². The van der Waals surface area contributed by atoms with E-state index >= 15 is 0 Å². The predicted molar refractivity (Wildman–Crippen MR) is 71.1 cm³/mol. The fraction of sp³-hybridized carbons (Fsp3) is 0.714. The topological polar surface area (TPSA) is 37.8 Å². The molecule has 1 aliphatic carbocycles. The second-order valence-corrected chi connectivity index (χ2v) is 5.53. The van der Waals surface area contributed by atoms with Gasteiger partial charge in [0.2, 0.25) is 0 Å². The van der Waals surface area contributed by atoms with Crippen LogP contribution in [0, 0.1) is 11.8 Å². The second-order valence-electron chi connectivity index (χ2n) is 5.53. The molecule has 1 saturated carbocycles. The number of rotatable bonds is 4. The zero-order chi connectivity index (χ0) is 12.3. The first-order valence-electron chi connectivity index (χ1n) is 6.72. The molecule has 1 aromatic rings. The SMILES string of the molecule is CC(C)c1cc(NCC2CCCC2C)ncn1. The molecule has 2 unspecified atom stereocenters. The zero-order valence-electron chi connectivity index (χ0n) is 11.1. The minimum Gasteiger partial charge on any atom is -0.370 e. The summed E-state index contributed by atoms with van der Waals surface area (Å²) in [5.41, 5.74) is 1.11. The fourth-order valence-electron chi connectivity index (χ4n) is 2.55. The highest BCUT2D eigenvalue weighted by atomic mass is 15.0. The summed E-state index contributed by atoms with van der Waals surface area (Å²) in [6.07, 6.45) is 5.79. The van der Waals surface area contributed by atoms with Crippen molar-refractivity contribution in [3.8, 4) is 0 Å². The summed E-state index contributed by atoms with van der Waals surface area (Å²) >= 11 is 0. The third-order valence-electron chi connectivity index (χ3n) is 3.86. The lowest BCUT2D eigenvalue weighted by molar-refractivity contribution is 0.439. The third-order valence-corrected chi connectivity index (χ3v) is 3.86. The fourth-order valence-corrected chi connectivity index (χ4v) is 2.55. The van der Waals surface area contributed by atoms with Crippen LogP contribution in [-0.2, 0) is 0 Å². The van der Waals surface area contributed by atoms with E-state index in [9.17, 15) is 0 Å². The van der Waals surface area contributed by atoms with Crippen molar-refractivity contribution in [1.82, 2.24) is 9.97 Å². The molecule has 0 spiro atoms. The first kappa shape index (κ1) is 12.3. The van der Waals surface area contributed by atoms with Gasteiger partial charge in [-0.2, -0.15) is 0 Å². The maximum absolute atomic E-state index is 4.29. The van der Waals surface area contributed by atoms with Gasteiger partial charge >= 0.3 is 0 Å². The monoisotopic (exact) mass is 233 g/mol. The molecule has 1 fully saturated rings. The number of aromatic nitrogens is 2. The molecule has 94 valence electrons. The molecule has 0 aliphatic heterocycles. The summed E-state index contributed by atoms with van der Waals surface area (Å²) in [5, 5.41) is 3.46. The summed E-state index contributed by atoms with van der Waals surface area (Å²) in [5.74, 6) is 3.10. The van der Waals surface area contributed by atoms with Crippen molar-refractivity contribution in [2.24, 2.45) is 11.8 Å². The van der Waals surface area contributed by atoms with Crippen molar-refractivity contribution in [3.05, 3.63) is 18.1 Å². The van der Waals surface area contributed by atoms with E-state index in [1.807, 2.05) is 0 Å². The summed E-state index contributed by atoms with van der Waals surface area (Å²) in [7, 11) is 0. The van der Waals surface area contributed by atoms with Gasteiger partial charge in [-0.15, -0.1) is 0 Å². The molecule has 1 N–H and O–H groups in total. The summed E-state index contributed by atoms with van der Waals surface area (Å²) in [4.78, 5) is 8.57. The number of nitrogens with zero attached hydrogens (tertiary/aromatic N) is 2. The van der Waals surface area contributed by atoms with Gasteiger partial charge in [0.25, 0.3) is 0 Å². The minimum absolute atomic E-state index is 0.462. The van der Waals surface area contributed by atoms with Crippen molar-refractivity contribution < 1.29 is 0 Å². The summed E-state index contributed by atoms with van der Waals surface area (Å²) in [6.45, 7) is 7.73. The number of anilines is 1. The quantitative estimate of drug-likeness (QED) is 0.865. The molecule has 2 rings (SSSR count). The lowest BCUT2D eigenvalue weighted by Gasteiger charge is -2.16. The van der Waals surface area contributed by atoms with Crippen LogP contribution in [0.2, 0.25) is 0 Å². The van der Waals surface area contributed by atoms with E-state index in [0.717, 1.165) is 29.9 Å². The van der Waals surface area contributed by atoms with Crippen LogP contribution in [0.5, 0.6) is 0 Å². The van der Waals surface area contributed by atoms with Crippen molar-refractivity contribution in [2.45, 2.75) is 46.0 Å². The molecular weight excluding hydrogens is 210 g/mol. The average molecular weight is 233 g/mol. The first-order valence-corrected chi connectivity index (χ1v) is 6.72. The Morgan fingerprint density at radius 1 is 1.35 bits per heavy atom. The van der Waals surface area contributed by atoms with E-state index in [2.05, 4.69) is 42.1 Å². The van der Waals surface area contributed by atoms with Crippen molar-refractivity contribution in [1.29, 1.82) is 0 Å². The molecule has 1 aromatic heterocycles. The summed E-state index contributed by atoms with van der Waals surface area (Å²) in [6, 6.07) is 2.07. The standard InChI is InChI=1S/C14H23N3/c1-10(2)13-7-14(17-9-16-13)15-8-12-6-4-5-11(12)3/h7,9-12H,4-6,8H2,1-3H3,(H,15,16,17). The Balaban J connectivity index is 1.92. The Kier molecular flexibility index (Phi) is 3.97. The van der Waals surface area contributed by atoms with Crippen LogP contribution in [0.1, 0.15) is 51.6 Å². The van der Waals surface area contributed by atoms with E-state index in [1.54, 1.807) is 6.33 Å². The highest BCUT2D eigenvalue weighted by Crippen LogP contribution is 2.31. The Labute approximate surface area is 104 Å². The average Bonchev–Trinajstić information content (AvgIpc) is 2.72. The highest BCUT2D eigenvalue weighted by molar-refractivity contribution is 5.35. The Morgan fingerprint density at radius 3 is 2.82 bits per heavy atom. The van der Waals surface area contributed by atoms with Gasteiger partial charge in [-0.1, -0.05) is 33.6 Å². The van der Waals surface area contributed by atoms with Gasteiger partial charge < -0.3 is 5.32 Å².